The summed E-state index contributed by atoms with van der Waals surface area (Å²) >= 11 is 3.01. The Morgan fingerprint density at radius 1 is 1.44 bits per heavy atom. The van der Waals surface area contributed by atoms with Crippen molar-refractivity contribution in [2.24, 2.45) is 0 Å². The maximum Gasteiger partial charge on any atom is 0.336 e. The highest BCUT2D eigenvalue weighted by Gasteiger charge is 2.18. The SMILES string of the molecule is CCCCN(CC)c1ccc(C(=O)O)c(Br)c1F. The molecular formula is C13H17BrFNO2. The van der Waals surface area contributed by atoms with Crippen LogP contribution < -0.4 is 4.90 Å². The van der Waals surface area contributed by atoms with E-state index in [-0.39, 0.29) is 10.0 Å². The molecule has 1 rings (SSSR count). The smallest absolute Gasteiger partial charge is 0.336 e. The average molecular weight is 318 g/mol. The summed E-state index contributed by atoms with van der Waals surface area (Å²) in [5.41, 5.74) is 0.394. The lowest BCUT2D eigenvalue weighted by atomic mass is 10.1. The minimum atomic E-state index is -1.14. The number of nitrogens with zero attached hydrogens (tertiary/aromatic N) is 1. The van der Waals surface area contributed by atoms with Gasteiger partial charge in [-0.1, -0.05) is 13.3 Å². The van der Waals surface area contributed by atoms with Crippen molar-refractivity contribution < 1.29 is 14.3 Å². The van der Waals surface area contributed by atoms with Crippen molar-refractivity contribution in [3.05, 3.63) is 28.0 Å². The fourth-order valence-electron chi connectivity index (χ4n) is 1.75. The molecule has 100 valence electrons. The van der Waals surface area contributed by atoms with E-state index in [4.69, 9.17) is 5.11 Å². The molecule has 0 fully saturated rings. The molecule has 1 N–H and O–H groups in total. The molecule has 0 aliphatic rings. The number of aromatic carboxylic acids is 1. The number of hydrogen-bond acceptors (Lipinski definition) is 2. The molecule has 0 saturated heterocycles. The molecule has 1 aromatic carbocycles. The number of anilines is 1. The van der Waals surface area contributed by atoms with E-state index in [0.29, 0.717) is 12.2 Å². The van der Waals surface area contributed by atoms with Gasteiger partial charge in [0, 0.05) is 13.1 Å². The van der Waals surface area contributed by atoms with Gasteiger partial charge in [-0.2, -0.15) is 0 Å². The normalized spacial score (nSPS) is 10.4. The molecule has 0 saturated carbocycles. The molecule has 0 bridgehead atoms. The van der Waals surface area contributed by atoms with E-state index >= 15 is 0 Å². The van der Waals surface area contributed by atoms with Crippen LogP contribution in [0.3, 0.4) is 0 Å². The number of unbranched alkanes of at least 4 members (excludes halogenated alkanes) is 1. The van der Waals surface area contributed by atoms with E-state index in [2.05, 4.69) is 22.9 Å². The Labute approximate surface area is 115 Å². The van der Waals surface area contributed by atoms with E-state index in [1.54, 1.807) is 0 Å². The third-order valence-corrected chi connectivity index (χ3v) is 3.57. The quantitative estimate of drug-likeness (QED) is 0.864. The molecule has 0 aromatic heterocycles. The van der Waals surface area contributed by atoms with Gasteiger partial charge in [0.05, 0.1) is 15.7 Å². The van der Waals surface area contributed by atoms with E-state index < -0.39 is 11.8 Å². The molecule has 0 aliphatic carbocycles. The van der Waals surface area contributed by atoms with Crippen molar-refractivity contribution >= 4 is 27.6 Å². The van der Waals surface area contributed by atoms with Gasteiger partial charge in [-0.25, -0.2) is 9.18 Å². The summed E-state index contributed by atoms with van der Waals surface area (Å²) in [6, 6.07) is 2.96. The van der Waals surface area contributed by atoms with Gasteiger partial charge in [-0.15, -0.1) is 0 Å². The molecule has 5 heteroatoms. The first-order chi connectivity index (χ1) is 8.52. The summed E-state index contributed by atoms with van der Waals surface area (Å²) in [4.78, 5) is 12.8. The number of carboxylic acid groups (broad SMARTS) is 1. The lowest BCUT2D eigenvalue weighted by Gasteiger charge is -2.24. The van der Waals surface area contributed by atoms with Crippen LogP contribution in [0.25, 0.3) is 0 Å². The van der Waals surface area contributed by atoms with Gasteiger partial charge < -0.3 is 10.0 Å². The number of carbonyl (C=O) groups is 1. The van der Waals surface area contributed by atoms with Crippen molar-refractivity contribution in [3.63, 3.8) is 0 Å². The first kappa shape index (κ1) is 15.0. The summed E-state index contributed by atoms with van der Waals surface area (Å²) in [6.45, 7) is 5.49. The van der Waals surface area contributed by atoms with Crippen LogP contribution in [0.15, 0.2) is 16.6 Å². The Bertz CT molecular complexity index is 437. The van der Waals surface area contributed by atoms with Gasteiger partial charge in [0.25, 0.3) is 0 Å². The molecule has 0 unspecified atom stereocenters. The molecule has 0 heterocycles. The van der Waals surface area contributed by atoms with Crippen molar-refractivity contribution in [2.45, 2.75) is 26.7 Å². The number of benzene rings is 1. The summed E-state index contributed by atoms with van der Waals surface area (Å²) in [6.07, 6.45) is 2.01. The predicted octanol–water partition coefficient (Wildman–Crippen LogP) is 3.91. The Morgan fingerprint density at radius 2 is 2.11 bits per heavy atom. The van der Waals surface area contributed by atoms with Crippen LogP contribution in [0, 0.1) is 5.82 Å². The third kappa shape index (κ3) is 3.22. The topological polar surface area (TPSA) is 40.5 Å². The van der Waals surface area contributed by atoms with Crippen LogP contribution in [-0.4, -0.2) is 24.2 Å². The first-order valence-corrected chi connectivity index (χ1v) is 6.78. The second-order valence-electron chi connectivity index (χ2n) is 4.00. The van der Waals surface area contributed by atoms with Crippen LogP contribution in [0.2, 0.25) is 0 Å². The zero-order valence-corrected chi connectivity index (χ0v) is 12.1. The molecule has 0 atom stereocenters. The van der Waals surface area contributed by atoms with E-state index in [1.807, 2.05) is 11.8 Å². The number of carboxylic acids is 1. The van der Waals surface area contributed by atoms with Gasteiger partial charge >= 0.3 is 5.97 Å². The molecular weight excluding hydrogens is 301 g/mol. The number of hydrogen-bond donors (Lipinski definition) is 1. The van der Waals surface area contributed by atoms with Crippen LogP contribution in [0.4, 0.5) is 10.1 Å². The van der Waals surface area contributed by atoms with Crippen LogP contribution in [0.5, 0.6) is 0 Å². The summed E-state index contributed by atoms with van der Waals surface area (Å²) in [7, 11) is 0. The lowest BCUT2D eigenvalue weighted by molar-refractivity contribution is 0.0695. The fraction of sp³-hybridized carbons (Fsp3) is 0.462. The van der Waals surface area contributed by atoms with Crippen molar-refractivity contribution in [1.29, 1.82) is 0 Å². The molecule has 18 heavy (non-hydrogen) atoms. The number of halogens is 2. The minimum absolute atomic E-state index is 0.0162. The number of rotatable bonds is 6. The van der Waals surface area contributed by atoms with Gasteiger partial charge in [0.2, 0.25) is 0 Å². The van der Waals surface area contributed by atoms with Crippen LogP contribution >= 0.6 is 15.9 Å². The lowest BCUT2D eigenvalue weighted by Crippen LogP contribution is -2.25. The Hall–Kier alpha value is -1.10. The molecule has 0 amide bonds. The molecule has 0 radical (unpaired) electrons. The van der Waals surface area contributed by atoms with Gasteiger partial charge in [0.1, 0.15) is 0 Å². The summed E-state index contributed by atoms with van der Waals surface area (Å²) in [5.74, 6) is -1.64. The van der Waals surface area contributed by atoms with Crippen LogP contribution in [0.1, 0.15) is 37.0 Å². The summed E-state index contributed by atoms with van der Waals surface area (Å²) in [5, 5.41) is 8.91. The van der Waals surface area contributed by atoms with Gasteiger partial charge in [-0.05, 0) is 41.4 Å². The first-order valence-electron chi connectivity index (χ1n) is 5.99. The van der Waals surface area contributed by atoms with Crippen molar-refractivity contribution in [2.75, 3.05) is 18.0 Å². The van der Waals surface area contributed by atoms with Gasteiger partial charge in [0.15, 0.2) is 5.82 Å². The second-order valence-corrected chi connectivity index (χ2v) is 4.79. The fourth-order valence-corrected chi connectivity index (χ4v) is 2.25. The third-order valence-electron chi connectivity index (χ3n) is 2.80. The highest BCUT2D eigenvalue weighted by atomic mass is 79.9. The maximum absolute atomic E-state index is 14.1. The zero-order chi connectivity index (χ0) is 13.7. The van der Waals surface area contributed by atoms with Gasteiger partial charge in [-0.3, -0.25) is 0 Å². The average Bonchev–Trinajstić information content (AvgIpc) is 2.34. The molecule has 0 aliphatic heterocycles. The molecule has 3 nitrogen and oxygen atoms in total. The van der Waals surface area contributed by atoms with Crippen molar-refractivity contribution in [3.8, 4) is 0 Å². The highest BCUT2D eigenvalue weighted by molar-refractivity contribution is 9.10. The summed E-state index contributed by atoms with van der Waals surface area (Å²) < 4.78 is 14.2. The predicted molar refractivity (Wildman–Crippen MR) is 73.9 cm³/mol. The standard InChI is InChI=1S/C13H17BrFNO2/c1-3-5-8-16(4-2)10-7-6-9(13(17)18)11(14)12(10)15/h6-7H,3-5,8H2,1-2H3,(H,17,18). The molecule has 0 spiro atoms. The zero-order valence-electron chi connectivity index (χ0n) is 10.5. The largest absolute Gasteiger partial charge is 0.478 e. The second kappa shape index (κ2) is 6.73. The monoisotopic (exact) mass is 317 g/mol. The van der Waals surface area contributed by atoms with E-state index in [9.17, 15) is 9.18 Å². The maximum atomic E-state index is 14.1. The minimum Gasteiger partial charge on any atom is -0.478 e. The highest BCUT2D eigenvalue weighted by Crippen LogP contribution is 2.29. The Morgan fingerprint density at radius 3 is 2.61 bits per heavy atom. The Balaban J connectivity index is 3.09. The van der Waals surface area contributed by atoms with Crippen molar-refractivity contribution in [1.82, 2.24) is 0 Å². The van der Waals surface area contributed by atoms with E-state index in [0.717, 1.165) is 19.4 Å². The van der Waals surface area contributed by atoms with Crippen LogP contribution in [-0.2, 0) is 0 Å². The Kier molecular flexibility index (Phi) is 5.59. The van der Waals surface area contributed by atoms with E-state index in [1.165, 1.54) is 12.1 Å². The molecule has 1 aromatic rings.